The van der Waals surface area contributed by atoms with Crippen LogP contribution in [0.15, 0.2) is 12.3 Å². The molecule has 2 nitrogen and oxygen atoms in total. The first-order valence-electron chi connectivity index (χ1n) is 7.04. The number of aliphatic hydroxyl groups excluding tert-OH is 1. The van der Waals surface area contributed by atoms with Crippen molar-refractivity contribution in [3.05, 3.63) is 23.5 Å². The molecule has 0 fully saturated rings. The number of nitrogens with zero attached hydrogens (tertiary/aromatic N) is 1. The zero-order chi connectivity index (χ0) is 13.6. The van der Waals surface area contributed by atoms with Gasteiger partial charge in [-0.3, -0.25) is 0 Å². The Balaban J connectivity index is 2.20. The summed E-state index contributed by atoms with van der Waals surface area (Å²) in [5.74, 6) is 0. The quantitative estimate of drug-likeness (QED) is 0.844. The highest BCUT2D eigenvalue weighted by Crippen LogP contribution is 2.41. The Hall–Kier alpha value is -0.760. The maximum atomic E-state index is 10.2. The molecule has 2 heteroatoms. The van der Waals surface area contributed by atoms with Crippen LogP contribution in [-0.4, -0.2) is 9.67 Å². The summed E-state index contributed by atoms with van der Waals surface area (Å²) in [5, 5.41) is 10.2. The second-order valence-electron chi connectivity index (χ2n) is 7.78. The molecule has 1 N–H and O–H groups in total. The molecular formula is C16H27NO. The lowest BCUT2D eigenvalue weighted by Gasteiger charge is -2.34. The highest BCUT2D eigenvalue weighted by Gasteiger charge is 2.33. The third-order valence-electron chi connectivity index (χ3n) is 3.97. The zero-order valence-corrected chi connectivity index (χ0v) is 12.5. The van der Waals surface area contributed by atoms with Crippen LogP contribution in [0.2, 0.25) is 0 Å². The Morgan fingerprint density at radius 3 is 2.67 bits per heavy atom. The van der Waals surface area contributed by atoms with Gasteiger partial charge in [0, 0.05) is 24.0 Å². The molecule has 1 heterocycles. The topological polar surface area (TPSA) is 25.2 Å². The van der Waals surface area contributed by atoms with Crippen LogP contribution in [-0.2, 0) is 13.0 Å². The highest BCUT2D eigenvalue weighted by molar-refractivity contribution is 5.29. The van der Waals surface area contributed by atoms with Crippen molar-refractivity contribution in [1.29, 1.82) is 0 Å². The SMILES string of the molecule is CC(C)(C)CCn1ccc2c1CC(C)(C)CC2O. The molecule has 2 rings (SSSR count). The molecule has 0 aromatic carbocycles. The standard InChI is InChI=1S/C16H27NO/c1-15(2,3)7-9-17-8-6-12-13(17)10-16(4,5)11-14(12)18/h6,8,14,18H,7,9-11H2,1-5H3. The number of hydrogen-bond donors (Lipinski definition) is 1. The van der Waals surface area contributed by atoms with Gasteiger partial charge in [-0.15, -0.1) is 0 Å². The molecule has 1 aliphatic carbocycles. The third kappa shape index (κ3) is 2.97. The van der Waals surface area contributed by atoms with E-state index in [2.05, 4.69) is 51.4 Å². The van der Waals surface area contributed by atoms with Crippen LogP contribution in [0.3, 0.4) is 0 Å². The van der Waals surface area contributed by atoms with E-state index in [1.807, 2.05) is 0 Å². The smallest absolute Gasteiger partial charge is 0.0812 e. The Morgan fingerprint density at radius 2 is 2.06 bits per heavy atom. The molecule has 0 radical (unpaired) electrons. The summed E-state index contributed by atoms with van der Waals surface area (Å²) < 4.78 is 2.35. The number of hydrogen-bond acceptors (Lipinski definition) is 1. The van der Waals surface area contributed by atoms with Crippen molar-refractivity contribution in [1.82, 2.24) is 4.57 Å². The predicted octanol–water partition coefficient (Wildman–Crippen LogP) is 3.93. The highest BCUT2D eigenvalue weighted by atomic mass is 16.3. The minimum Gasteiger partial charge on any atom is -0.388 e. The van der Waals surface area contributed by atoms with E-state index in [0.717, 1.165) is 24.9 Å². The molecule has 0 bridgehead atoms. The molecule has 1 atom stereocenters. The van der Waals surface area contributed by atoms with E-state index in [1.54, 1.807) is 0 Å². The van der Waals surface area contributed by atoms with Gasteiger partial charge in [0.05, 0.1) is 6.10 Å². The monoisotopic (exact) mass is 249 g/mol. The van der Waals surface area contributed by atoms with E-state index in [4.69, 9.17) is 0 Å². The molecular weight excluding hydrogens is 222 g/mol. The number of fused-ring (bicyclic) bond motifs is 1. The van der Waals surface area contributed by atoms with Crippen molar-refractivity contribution in [2.45, 2.75) is 66.5 Å². The number of aromatic nitrogens is 1. The summed E-state index contributed by atoms with van der Waals surface area (Å²) in [6.45, 7) is 12.4. The second kappa shape index (κ2) is 4.41. The van der Waals surface area contributed by atoms with Gasteiger partial charge < -0.3 is 9.67 Å². The van der Waals surface area contributed by atoms with Gasteiger partial charge in [-0.2, -0.15) is 0 Å². The van der Waals surface area contributed by atoms with E-state index in [9.17, 15) is 5.11 Å². The van der Waals surface area contributed by atoms with Gasteiger partial charge in [0.1, 0.15) is 0 Å². The van der Waals surface area contributed by atoms with E-state index in [0.29, 0.717) is 5.41 Å². The molecule has 0 spiro atoms. The fourth-order valence-corrected chi connectivity index (χ4v) is 2.85. The first-order chi connectivity index (χ1) is 8.18. The van der Waals surface area contributed by atoms with Gasteiger partial charge in [-0.05, 0) is 36.2 Å². The van der Waals surface area contributed by atoms with E-state index in [-0.39, 0.29) is 11.5 Å². The molecule has 1 aromatic rings. The van der Waals surface area contributed by atoms with Crippen LogP contribution in [0.25, 0.3) is 0 Å². The number of aliphatic hydroxyl groups is 1. The lowest BCUT2D eigenvalue weighted by Crippen LogP contribution is -2.27. The van der Waals surface area contributed by atoms with Crippen molar-refractivity contribution in [2.75, 3.05) is 0 Å². The van der Waals surface area contributed by atoms with Crippen molar-refractivity contribution in [2.24, 2.45) is 10.8 Å². The molecule has 102 valence electrons. The average Bonchev–Trinajstić information content (AvgIpc) is 2.55. The average molecular weight is 249 g/mol. The minimum atomic E-state index is -0.278. The molecule has 0 saturated heterocycles. The van der Waals surface area contributed by atoms with Gasteiger partial charge in [-0.25, -0.2) is 0 Å². The molecule has 0 saturated carbocycles. The summed E-state index contributed by atoms with van der Waals surface area (Å²) in [6, 6.07) is 2.11. The van der Waals surface area contributed by atoms with Gasteiger partial charge in [-0.1, -0.05) is 34.6 Å². The Morgan fingerprint density at radius 1 is 1.39 bits per heavy atom. The first kappa shape index (κ1) is 13.7. The van der Waals surface area contributed by atoms with Gasteiger partial charge in [0.15, 0.2) is 0 Å². The third-order valence-corrected chi connectivity index (χ3v) is 3.97. The largest absolute Gasteiger partial charge is 0.388 e. The van der Waals surface area contributed by atoms with Crippen LogP contribution in [0.4, 0.5) is 0 Å². The maximum absolute atomic E-state index is 10.2. The molecule has 0 aliphatic heterocycles. The van der Waals surface area contributed by atoms with Crippen LogP contribution < -0.4 is 0 Å². The lowest BCUT2D eigenvalue weighted by molar-refractivity contribution is 0.0977. The molecule has 0 amide bonds. The first-order valence-corrected chi connectivity index (χ1v) is 7.04. The minimum absolute atomic E-state index is 0.213. The van der Waals surface area contributed by atoms with E-state index < -0.39 is 0 Å². The van der Waals surface area contributed by atoms with Crippen molar-refractivity contribution in [3.8, 4) is 0 Å². The summed E-state index contributed by atoms with van der Waals surface area (Å²) in [4.78, 5) is 0. The fraction of sp³-hybridized carbons (Fsp3) is 0.750. The predicted molar refractivity (Wildman–Crippen MR) is 75.6 cm³/mol. The fourth-order valence-electron chi connectivity index (χ4n) is 2.85. The number of rotatable bonds is 2. The van der Waals surface area contributed by atoms with Crippen LogP contribution in [0.1, 0.15) is 64.8 Å². The van der Waals surface area contributed by atoms with Crippen LogP contribution >= 0.6 is 0 Å². The van der Waals surface area contributed by atoms with Crippen molar-refractivity contribution < 1.29 is 5.11 Å². The Bertz CT molecular complexity index is 423. The van der Waals surface area contributed by atoms with Gasteiger partial charge in [0.25, 0.3) is 0 Å². The molecule has 1 aromatic heterocycles. The van der Waals surface area contributed by atoms with Crippen LogP contribution in [0, 0.1) is 10.8 Å². The molecule has 1 unspecified atom stereocenters. The Labute approximate surface area is 111 Å². The zero-order valence-electron chi connectivity index (χ0n) is 12.5. The van der Waals surface area contributed by atoms with Gasteiger partial charge in [0.2, 0.25) is 0 Å². The lowest BCUT2D eigenvalue weighted by atomic mass is 9.75. The van der Waals surface area contributed by atoms with Crippen molar-refractivity contribution in [3.63, 3.8) is 0 Å². The summed E-state index contributed by atoms with van der Waals surface area (Å²) in [7, 11) is 0. The normalized spacial score (nSPS) is 22.9. The molecule has 18 heavy (non-hydrogen) atoms. The summed E-state index contributed by atoms with van der Waals surface area (Å²) >= 11 is 0. The Kier molecular flexibility index (Phi) is 3.35. The van der Waals surface area contributed by atoms with E-state index >= 15 is 0 Å². The summed E-state index contributed by atoms with van der Waals surface area (Å²) in [5.41, 5.74) is 3.08. The van der Waals surface area contributed by atoms with Crippen molar-refractivity contribution >= 4 is 0 Å². The maximum Gasteiger partial charge on any atom is 0.0812 e. The number of aryl methyl sites for hydroxylation is 1. The second-order valence-corrected chi connectivity index (χ2v) is 7.78. The molecule has 1 aliphatic rings. The van der Waals surface area contributed by atoms with E-state index in [1.165, 1.54) is 12.1 Å². The van der Waals surface area contributed by atoms with Crippen LogP contribution in [0.5, 0.6) is 0 Å². The summed E-state index contributed by atoms with van der Waals surface area (Å²) in [6.07, 6.45) is 5.01. The van der Waals surface area contributed by atoms with Gasteiger partial charge >= 0.3 is 0 Å².